The van der Waals surface area contributed by atoms with Gasteiger partial charge in [-0.3, -0.25) is 0 Å². The van der Waals surface area contributed by atoms with Gasteiger partial charge in [0.15, 0.2) is 0 Å². The molecule has 33 heavy (non-hydrogen) atoms. The zero-order chi connectivity index (χ0) is 24.1. The predicted octanol–water partition coefficient (Wildman–Crippen LogP) is 7.12. The van der Waals surface area contributed by atoms with Crippen LogP contribution in [0.3, 0.4) is 0 Å². The molecule has 0 spiro atoms. The zero-order valence-corrected chi connectivity index (χ0v) is 24.1. The van der Waals surface area contributed by atoms with E-state index in [1.165, 1.54) is 62.5 Å². The van der Waals surface area contributed by atoms with E-state index in [1.54, 1.807) is 7.11 Å². The third-order valence-corrected chi connectivity index (χ3v) is 22.2. The van der Waals surface area contributed by atoms with Crippen molar-refractivity contribution in [3.8, 4) is 11.5 Å². The van der Waals surface area contributed by atoms with Crippen LogP contribution in [0.5, 0.6) is 11.5 Å². The number of rotatable bonds is 15. The minimum absolute atomic E-state index is 0.279. The number of methoxy groups -OCH3 is 2. The summed E-state index contributed by atoms with van der Waals surface area (Å²) in [6.45, 7) is 7.22. The first-order valence-corrected chi connectivity index (χ1v) is 20.0. The van der Waals surface area contributed by atoms with Gasteiger partial charge in [0.2, 0.25) is 0 Å². The van der Waals surface area contributed by atoms with E-state index in [2.05, 4.69) is 20.8 Å². The van der Waals surface area contributed by atoms with Crippen LogP contribution in [0.4, 0.5) is 0 Å². The summed E-state index contributed by atoms with van der Waals surface area (Å²) in [7, 11) is 3.19. The number of hydrogen-bond donors (Lipinski definition) is 0. The molecular weight excluding hydrogens is 519 g/mol. The fourth-order valence-corrected chi connectivity index (χ4v) is 21.9. The first-order valence-electron chi connectivity index (χ1n) is 12.5. The van der Waals surface area contributed by atoms with Crippen LogP contribution in [-0.2, 0) is 11.3 Å². The molecule has 2 aromatic carbocycles. The Bertz CT molecular complexity index is 829. The Morgan fingerprint density at radius 2 is 1.42 bits per heavy atom. The van der Waals surface area contributed by atoms with E-state index in [0.717, 1.165) is 11.3 Å². The Kier molecular flexibility index (Phi) is 12.1. The fraction of sp³-hybridized carbons (Fsp3) is 0.536. The number of ether oxygens (including phenoxy) is 3. The van der Waals surface area contributed by atoms with E-state index in [-0.39, 0.29) is 5.97 Å². The number of carbonyl (C=O) groups is 1. The Balaban J connectivity index is 2.60. The van der Waals surface area contributed by atoms with Crippen molar-refractivity contribution in [1.29, 1.82) is 0 Å². The number of esters is 1. The molecule has 5 heteroatoms. The topological polar surface area (TPSA) is 44.8 Å². The van der Waals surface area contributed by atoms with Crippen LogP contribution >= 0.6 is 0 Å². The molecule has 0 aromatic heterocycles. The van der Waals surface area contributed by atoms with Crippen molar-refractivity contribution in [2.24, 2.45) is 0 Å². The molecule has 4 nitrogen and oxygen atoms in total. The fourth-order valence-electron chi connectivity index (χ4n) is 4.69. The zero-order valence-electron chi connectivity index (χ0n) is 21.2. The van der Waals surface area contributed by atoms with Gasteiger partial charge < -0.3 is 0 Å². The molecule has 0 N–H and O–H groups in total. The molecule has 0 amide bonds. The van der Waals surface area contributed by atoms with Crippen LogP contribution in [-0.4, -0.2) is 38.6 Å². The molecular formula is C28H42O4Sn. The van der Waals surface area contributed by atoms with E-state index < -0.39 is 18.4 Å². The second-order valence-corrected chi connectivity index (χ2v) is 21.9. The average Bonchev–Trinajstić information content (AvgIpc) is 2.87. The van der Waals surface area contributed by atoms with Crippen molar-refractivity contribution >= 4 is 27.9 Å². The summed E-state index contributed by atoms with van der Waals surface area (Å²) < 4.78 is 22.3. The normalized spacial score (nSPS) is 11.3. The molecule has 0 aliphatic carbocycles. The van der Waals surface area contributed by atoms with E-state index in [0.29, 0.717) is 17.9 Å². The van der Waals surface area contributed by atoms with Gasteiger partial charge in [-0.05, 0) is 0 Å². The Morgan fingerprint density at radius 3 is 1.91 bits per heavy atom. The summed E-state index contributed by atoms with van der Waals surface area (Å²) in [5.41, 5.74) is 1.75. The summed E-state index contributed by atoms with van der Waals surface area (Å²) in [4.78, 5) is 13.1. The molecule has 0 radical (unpaired) electrons. The van der Waals surface area contributed by atoms with Crippen LogP contribution in [0.1, 0.15) is 75.2 Å². The summed E-state index contributed by atoms with van der Waals surface area (Å²) in [6, 6.07) is 14.0. The van der Waals surface area contributed by atoms with Gasteiger partial charge in [-0.25, -0.2) is 0 Å². The van der Waals surface area contributed by atoms with Gasteiger partial charge in [-0.15, -0.1) is 0 Å². The predicted molar refractivity (Wildman–Crippen MR) is 140 cm³/mol. The number of carbonyl (C=O) groups excluding carboxylic acids is 1. The minimum atomic E-state index is -2.99. The second kappa shape index (κ2) is 14.5. The van der Waals surface area contributed by atoms with Crippen molar-refractivity contribution < 1.29 is 19.0 Å². The summed E-state index contributed by atoms with van der Waals surface area (Å²) in [6.07, 6.45) is 7.14. The molecule has 0 saturated carbocycles. The third kappa shape index (κ3) is 7.66. The first-order chi connectivity index (χ1) is 16.0. The monoisotopic (exact) mass is 562 g/mol. The Hall–Kier alpha value is -1.69. The van der Waals surface area contributed by atoms with Crippen LogP contribution in [0, 0.1) is 0 Å². The van der Waals surface area contributed by atoms with Gasteiger partial charge in [0, 0.05) is 0 Å². The third-order valence-electron chi connectivity index (χ3n) is 6.51. The summed E-state index contributed by atoms with van der Waals surface area (Å²) in [5.74, 6) is 1.20. The summed E-state index contributed by atoms with van der Waals surface area (Å²) in [5, 5.41) is 0. The van der Waals surface area contributed by atoms with Gasteiger partial charge >= 0.3 is 205 Å². The SMILES string of the molecule is CCC[CH2][Sn]([CH2]CCC)([CH2]CCC)[c]1c(OC)cc(OCc2ccccc2)cc1C(=O)OC. The molecule has 2 aromatic rings. The Labute approximate surface area is 204 Å². The van der Waals surface area contributed by atoms with Gasteiger partial charge in [0.25, 0.3) is 0 Å². The van der Waals surface area contributed by atoms with Crippen molar-refractivity contribution in [2.45, 2.75) is 79.2 Å². The van der Waals surface area contributed by atoms with E-state index >= 15 is 0 Å². The molecule has 0 bridgehead atoms. The van der Waals surface area contributed by atoms with Gasteiger partial charge in [0.05, 0.1) is 0 Å². The maximum atomic E-state index is 13.1. The van der Waals surface area contributed by atoms with E-state index in [4.69, 9.17) is 14.2 Å². The standard InChI is InChI=1S/C16H15O4.3C4H9.Sn/c1-18-14-8-13(16(17)19-2)9-15(10-14)20-11-12-6-4-3-5-7-12;3*1-3-4-2;/h3-7,9-10H,11H2,1-2H3;3*1,3-4H2,2H3;. The Morgan fingerprint density at radius 1 is 0.848 bits per heavy atom. The molecule has 0 aliphatic heterocycles. The molecule has 0 atom stereocenters. The molecule has 0 saturated heterocycles. The number of benzene rings is 2. The van der Waals surface area contributed by atoms with Crippen molar-refractivity contribution in [1.82, 2.24) is 0 Å². The quantitative estimate of drug-likeness (QED) is 0.172. The van der Waals surface area contributed by atoms with Crippen molar-refractivity contribution in [2.75, 3.05) is 14.2 Å². The summed E-state index contributed by atoms with van der Waals surface area (Å²) >= 11 is -2.99. The molecule has 2 rings (SSSR count). The number of unbranched alkanes of at least 4 members (excludes halogenated alkanes) is 3. The van der Waals surface area contributed by atoms with Crippen LogP contribution in [0.15, 0.2) is 42.5 Å². The van der Waals surface area contributed by atoms with Crippen molar-refractivity contribution in [3.05, 3.63) is 53.6 Å². The van der Waals surface area contributed by atoms with Crippen LogP contribution < -0.4 is 13.1 Å². The van der Waals surface area contributed by atoms with E-state index in [1.807, 2.05) is 42.5 Å². The maximum absolute atomic E-state index is 13.1. The van der Waals surface area contributed by atoms with Crippen molar-refractivity contribution in [3.63, 3.8) is 0 Å². The molecule has 0 unspecified atom stereocenters. The van der Waals surface area contributed by atoms with Gasteiger partial charge in [-0.1, -0.05) is 0 Å². The molecule has 0 fully saturated rings. The van der Waals surface area contributed by atoms with Crippen LogP contribution in [0.2, 0.25) is 13.3 Å². The number of hydrogen-bond acceptors (Lipinski definition) is 4. The van der Waals surface area contributed by atoms with Gasteiger partial charge in [0.1, 0.15) is 0 Å². The van der Waals surface area contributed by atoms with Crippen LogP contribution in [0.25, 0.3) is 0 Å². The van der Waals surface area contributed by atoms with Gasteiger partial charge in [-0.2, -0.15) is 0 Å². The molecule has 0 aliphatic rings. The first kappa shape index (κ1) is 27.6. The molecule has 182 valence electrons. The molecule has 0 heterocycles. The average molecular weight is 561 g/mol. The van der Waals surface area contributed by atoms with E-state index in [9.17, 15) is 4.79 Å². The second-order valence-electron chi connectivity index (χ2n) is 8.90.